The van der Waals surface area contributed by atoms with Crippen LogP contribution in [0, 0.1) is 11.3 Å². The lowest BCUT2D eigenvalue weighted by Crippen LogP contribution is -2.38. The van der Waals surface area contributed by atoms with Crippen molar-refractivity contribution >= 4 is 17.2 Å². The van der Waals surface area contributed by atoms with Crippen molar-refractivity contribution in [3.05, 3.63) is 22.4 Å². The van der Waals surface area contributed by atoms with E-state index in [9.17, 15) is 9.90 Å². The SMILES string of the molecule is CC(C)(C)CC(CN)C(=O)NCC(O)c1ccsc1. The summed E-state index contributed by atoms with van der Waals surface area (Å²) in [5, 5.41) is 16.5. The summed E-state index contributed by atoms with van der Waals surface area (Å²) in [5.74, 6) is -0.277. The van der Waals surface area contributed by atoms with Crippen molar-refractivity contribution in [2.24, 2.45) is 17.1 Å². The molecule has 1 aromatic rings. The molecule has 0 saturated carbocycles. The summed E-state index contributed by atoms with van der Waals surface area (Å²) in [6.07, 6.45) is 0.0902. The van der Waals surface area contributed by atoms with E-state index in [0.717, 1.165) is 12.0 Å². The van der Waals surface area contributed by atoms with Gasteiger partial charge in [-0.15, -0.1) is 0 Å². The molecule has 0 aliphatic rings. The summed E-state index contributed by atoms with van der Waals surface area (Å²) in [7, 11) is 0. The lowest BCUT2D eigenvalue weighted by Gasteiger charge is -2.24. The average molecular weight is 284 g/mol. The van der Waals surface area contributed by atoms with Crippen LogP contribution in [0.5, 0.6) is 0 Å². The molecule has 4 nitrogen and oxygen atoms in total. The van der Waals surface area contributed by atoms with E-state index in [1.807, 2.05) is 16.8 Å². The lowest BCUT2D eigenvalue weighted by molar-refractivity contribution is -0.126. The molecule has 1 heterocycles. The van der Waals surface area contributed by atoms with E-state index in [0.29, 0.717) is 6.54 Å². The van der Waals surface area contributed by atoms with Crippen LogP contribution in [0.1, 0.15) is 38.9 Å². The molecule has 5 heteroatoms. The molecule has 0 saturated heterocycles. The molecule has 19 heavy (non-hydrogen) atoms. The highest BCUT2D eigenvalue weighted by Gasteiger charge is 2.24. The Morgan fingerprint density at radius 3 is 2.68 bits per heavy atom. The minimum atomic E-state index is -0.650. The number of nitrogens with one attached hydrogen (secondary N) is 1. The van der Waals surface area contributed by atoms with Gasteiger partial charge >= 0.3 is 0 Å². The van der Waals surface area contributed by atoms with Crippen LogP contribution in [0.4, 0.5) is 0 Å². The van der Waals surface area contributed by atoms with Gasteiger partial charge in [0.1, 0.15) is 0 Å². The van der Waals surface area contributed by atoms with Crippen molar-refractivity contribution in [3.8, 4) is 0 Å². The number of aliphatic hydroxyl groups is 1. The highest BCUT2D eigenvalue weighted by molar-refractivity contribution is 7.07. The molecule has 0 fully saturated rings. The molecule has 108 valence electrons. The summed E-state index contributed by atoms with van der Waals surface area (Å²) in [6.45, 7) is 6.82. The van der Waals surface area contributed by atoms with E-state index in [2.05, 4.69) is 26.1 Å². The number of thiophene rings is 1. The van der Waals surface area contributed by atoms with Crippen LogP contribution in [0.2, 0.25) is 0 Å². The van der Waals surface area contributed by atoms with Crippen molar-refractivity contribution in [1.29, 1.82) is 0 Å². The van der Waals surface area contributed by atoms with Crippen LogP contribution >= 0.6 is 11.3 Å². The van der Waals surface area contributed by atoms with Crippen LogP contribution < -0.4 is 11.1 Å². The lowest BCUT2D eigenvalue weighted by atomic mass is 9.84. The van der Waals surface area contributed by atoms with Gasteiger partial charge < -0.3 is 16.2 Å². The zero-order valence-corrected chi connectivity index (χ0v) is 12.7. The third-order valence-electron chi connectivity index (χ3n) is 2.91. The smallest absolute Gasteiger partial charge is 0.224 e. The first-order valence-electron chi connectivity index (χ1n) is 6.51. The normalized spacial score (nSPS) is 15.0. The molecular weight excluding hydrogens is 260 g/mol. The zero-order valence-electron chi connectivity index (χ0n) is 11.8. The van der Waals surface area contributed by atoms with Gasteiger partial charge in [0.2, 0.25) is 5.91 Å². The Morgan fingerprint density at radius 2 is 2.21 bits per heavy atom. The molecule has 1 amide bonds. The van der Waals surface area contributed by atoms with E-state index in [4.69, 9.17) is 5.73 Å². The summed E-state index contributed by atoms with van der Waals surface area (Å²) in [5.41, 5.74) is 6.56. The fraction of sp³-hybridized carbons (Fsp3) is 0.643. The predicted molar refractivity (Wildman–Crippen MR) is 78.9 cm³/mol. The first kappa shape index (κ1) is 16.1. The number of rotatable bonds is 6. The molecule has 0 aromatic carbocycles. The first-order valence-corrected chi connectivity index (χ1v) is 7.45. The molecule has 2 unspecified atom stereocenters. The van der Waals surface area contributed by atoms with Gasteiger partial charge in [-0.25, -0.2) is 0 Å². The van der Waals surface area contributed by atoms with Crippen molar-refractivity contribution in [1.82, 2.24) is 5.32 Å². The van der Waals surface area contributed by atoms with Gasteiger partial charge in [-0.05, 0) is 34.2 Å². The maximum Gasteiger partial charge on any atom is 0.224 e. The van der Waals surface area contributed by atoms with Crippen LogP contribution in [0.25, 0.3) is 0 Å². The Bertz CT molecular complexity index is 385. The molecule has 0 spiro atoms. The Labute approximate surface area is 119 Å². The number of carbonyl (C=O) groups excluding carboxylic acids is 1. The van der Waals surface area contributed by atoms with Crippen LogP contribution in [0.15, 0.2) is 16.8 Å². The third-order valence-corrected chi connectivity index (χ3v) is 3.61. The summed E-state index contributed by atoms with van der Waals surface area (Å²) < 4.78 is 0. The number of carbonyl (C=O) groups is 1. The summed E-state index contributed by atoms with van der Waals surface area (Å²) in [6, 6.07) is 1.86. The van der Waals surface area contributed by atoms with Crippen molar-refractivity contribution < 1.29 is 9.90 Å². The first-order chi connectivity index (χ1) is 8.83. The maximum absolute atomic E-state index is 12.0. The zero-order chi connectivity index (χ0) is 14.5. The summed E-state index contributed by atoms with van der Waals surface area (Å²) >= 11 is 1.53. The highest BCUT2D eigenvalue weighted by Crippen LogP contribution is 2.24. The predicted octanol–water partition coefficient (Wildman–Crippen LogP) is 1.91. The Balaban J connectivity index is 2.45. The molecule has 0 radical (unpaired) electrons. The maximum atomic E-state index is 12.0. The minimum Gasteiger partial charge on any atom is -0.387 e. The van der Waals surface area contributed by atoms with Crippen molar-refractivity contribution in [2.45, 2.75) is 33.3 Å². The van der Waals surface area contributed by atoms with E-state index >= 15 is 0 Å². The van der Waals surface area contributed by atoms with E-state index in [1.165, 1.54) is 11.3 Å². The third kappa shape index (κ3) is 5.72. The molecule has 0 aliphatic carbocycles. The molecule has 1 rings (SSSR count). The van der Waals surface area contributed by atoms with E-state index in [1.54, 1.807) is 0 Å². The molecule has 2 atom stereocenters. The van der Waals surface area contributed by atoms with E-state index in [-0.39, 0.29) is 23.8 Å². The van der Waals surface area contributed by atoms with Gasteiger partial charge in [0.15, 0.2) is 0 Å². The monoisotopic (exact) mass is 284 g/mol. The van der Waals surface area contributed by atoms with Crippen LogP contribution in [-0.4, -0.2) is 24.1 Å². The van der Waals surface area contributed by atoms with Gasteiger partial charge in [-0.1, -0.05) is 20.8 Å². The topological polar surface area (TPSA) is 75.4 Å². The molecule has 0 bridgehead atoms. The van der Waals surface area contributed by atoms with Gasteiger partial charge in [-0.2, -0.15) is 11.3 Å². The number of aliphatic hydroxyl groups excluding tert-OH is 1. The molecular formula is C14H24N2O2S. The fourth-order valence-corrected chi connectivity index (χ4v) is 2.65. The van der Waals surface area contributed by atoms with E-state index < -0.39 is 6.10 Å². The minimum absolute atomic E-state index is 0.0628. The van der Waals surface area contributed by atoms with Gasteiger partial charge in [-0.3, -0.25) is 4.79 Å². The summed E-state index contributed by atoms with van der Waals surface area (Å²) in [4.78, 5) is 12.0. The standard InChI is InChI=1S/C14H24N2O2S/c1-14(2,3)6-11(7-15)13(18)16-8-12(17)10-4-5-19-9-10/h4-5,9,11-12,17H,6-8,15H2,1-3H3,(H,16,18). The second-order valence-corrected chi connectivity index (χ2v) is 6.80. The number of hydrogen-bond donors (Lipinski definition) is 3. The molecule has 4 N–H and O–H groups in total. The fourth-order valence-electron chi connectivity index (χ4n) is 1.95. The number of amides is 1. The number of hydrogen-bond acceptors (Lipinski definition) is 4. The molecule has 1 aromatic heterocycles. The van der Waals surface area contributed by atoms with Crippen molar-refractivity contribution in [2.75, 3.05) is 13.1 Å². The molecule has 0 aliphatic heterocycles. The number of nitrogens with two attached hydrogens (primary N) is 1. The largest absolute Gasteiger partial charge is 0.387 e. The van der Waals surface area contributed by atoms with Crippen molar-refractivity contribution in [3.63, 3.8) is 0 Å². The Kier molecular flexibility index (Phi) is 5.97. The van der Waals surface area contributed by atoms with Gasteiger partial charge in [0, 0.05) is 13.1 Å². The highest BCUT2D eigenvalue weighted by atomic mass is 32.1. The average Bonchev–Trinajstić information content (AvgIpc) is 2.85. The quantitative estimate of drug-likeness (QED) is 0.747. The van der Waals surface area contributed by atoms with Gasteiger partial charge in [0.05, 0.1) is 12.0 Å². The van der Waals surface area contributed by atoms with Crippen LogP contribution in [0.3, 0.4) is 0 Å². The second kappa shape index (κ2) is 7.03. The second-order valence-electron chi connectivity index (χ2n) is 6.02. The Morgan fingerprint density at radius 1 is 1.53 bits per heavy atom. The van der Waals surface area contributed by atoms with Gasteiger partial charge in [0.25, 0.3) is 0 Å². The van der Waals surface area contributed by atoms with Crippen LogP contribution in [-0.2, 0) is 4.79 Å². The Hall–Kier alpha value is -0.910.